The van der Waals surface area contributed by atoms with Gasteiger partial charge in [-0.15, -0.1) is 10.2 Å². The second-order valence-electron chi connectivity index (χ2n) is 4.82. The van der Waals surface area contributed by atoms with Crippen molar-refractivity contribution in [3.8, 4) is 9.88 Å². The van der Waals surface area contributed by atoms with Crippen molar-refractivity contribution in [3.05, 3.63) is 5.69 Å². The number of rotatable bonds is 5. The standard InChI is InChI=1S/C12H17N5S2/c1-4-13-11-16-15-10(19-11)9-8(7-5-6-7)14-12(18-9)17(2)3/h7H,4-6H2,1-3H3,(H,13,16). The predicted octanol–water partition coefficient (Wildman–Crippen LogP) is 3.04. The van der Waals surface area contributed by atoms with E-state index in [9.17, 15) is 0 Å². The molecule has 0 aromatic carbocycles. The molecule has 0 saturated heterocycles. The molecule has 7 heteroatoms. The molecular formula is C12H17N5S2. The Morgan fingerprint density at radius 2 is 2.05 bits per heavy atom. The number of thiazole rings is 1. The Kier molecular flexibility index (Phi) is 3.40. The molecule has 1 aliphatic carbocycles. The number of nitrogens with one attached hydrogen (secondary N) is 1. The Labute approximate surface area is 120 Å². The lowest BCUT2D eigenvalue weighted by Gasteiger charge is -2.05. The molecule has 0 radical (unpaired) electrons. The van der Waals surface area contributed by atoms with Crippen LogP contribution in [0, 0.1) is 0 Å². The summed E-state index contributed by atoms with van der Waals surface area (Å²) >= 11 is 3.33. The van der Waals surface area contributed by atoms with Crippen LogP contribution in [0.4, 0.5) is 10.3 Å². The summed E-state index contributed by atoms with van der Waals surface area (Å²) < 4.78 is 0. The highest BCUT2D eigenvalue weighted by atomic mass is 32.1. The first-order valence-corrected chi connectivity index (χ1v) is 8.08. The predicted molar refractivity (Wildman–Crippen MR) is 81.5 cm³/mol. The largest absolute Gasteiger partial charge is 0.360 e. The van der Waals surface area contributed by atoms with Crippen LogP contribution in [0.15, 0.2) is 0 Å². The molecule has 3 rings (SSSR count). The third-order valence-corrected chi connectivity index (χ3v) is 5.21. The van der Waals surface area contributed by atoms with Crippen LogP contribution >= 0.6 is 22.7 Å². The van der Waals surface area contributed by atoms with Gasteiger partial charge in [0.15, 0.2) is 10.1 Å². The van der Waals surface area contributed by atoms with Crippen LogP contribution in [0.1, 0.15) is 31.4 Å². The number of hydrogen-bond acceptors (Lipinski definition) is 7. The van der Waals surface area contributed by atoms with Gasteiger partial charge in [-0.05, 0) is 19.8 Å². The van der Waals surface area contributed by atoms with Gasteiger partial charge in [0.1, 0.15) is 0 Å². The maximum Gasteiger partial charge on any atom is 0.206 e. The third-order valence-electron chi connectivity index (χ3n) is 2.94. The molecule has 1 aliphatic rings. The van der Waals surface area contributed by atoms with Crippen LogP contribution in [-0.2, 0) is 0 Å². The number of nitrogens with zero attached hydrogens (tertiary/aromatic N) is 4. The average molecular weight is 295 g/mol. The molecule has 0 bridgehead atoms. The maximum atomic E-state index is 4.77. The molecule has 2 aromatic rings. The number of aromatic nitrogens is 3. The Morgan fingerprint density at radius 3 is 2.68 bits per heavy atom. The molecule has 2 aromatic heterocycles. The Hall–Kier alpha value is -1.21. The quantitative estimate of drug-likeness (QED) is 0.919. The van der Waals surface area contributed by atoms with Crippen LogP contribution in [0.25, 0.3) is 9.88 Å². The van der Waals surface area contributed by atoms with Gasteiger partial charge in [-0.1, -0.05) is 22.7 Å². The van der Waals surface area contributed by atoms with Crippen molar-refractivity contribution in [3.63, 3.8) is 0 Å². The molecule has 0 unspecified atom stereocenters. The van der Waals surface area contributed by atoms with Gasteiger partial charge < -0.3 is 10.2 Å². The van der Waals surface area contributed by atoms with Crippen LogP contribution in [0.3, 0.4) is 0 Å². The van der Waals surface area contributed by atoms with Gasteiger partial charge in [-0.3, -0.25) is 0 Å². The molecule has 19 heavy (non-hydrogen) atoms. The van der Waals surface area contributed by atoms with E-state index in [0.717, 1.165) is 21.8 Å². The zero-order chi connectivity index (χ0) is 13.4. The summed E-state index contributed by atoms with van der Waals surface area (Å²) in [5, 5.41) is 14.6. The molecule has 1 saturated carbocycles. The van der Waals surface area contributed by atoms with Crippen molar-refractivity contribution in [2.75, 3.05) is 30.9 Å². The smallest absolute Gasteiger partial charge is 0.206 e. The molecule has 1 N–H and O–H groups in total. The number of hydrogen-bond donors (Lipinski definition) is 1. The van der Waals surface area contributed by atoms with Crippen molar-refractivity contribution in [1.29, 1.82) is 0 Å². The highest BCUT2D eigenvalue weighted by Crippen LogP contribution is 2.48. The second kappa shape index (κ2) is 5.05. The fourth-order valence-electron chi connectivity index (χ4n) is 1.84. The summed E-state index contributed by atoms with van der Waals surface area (Å²) in [6.45, 7) is 2.93. The van der Waals surface area contributed by atoms with E-state index in [1.165, 1.54) is 23.4 Å². The van der Waals surface area contributed by atoms with Crippen LogP contribution in [0.5, 0.6) is 0 Å². The monoisotopic (exact) mass is 295 g/mol. The lowest BCUT2D eigenvalue weighted by atomic mass is 10.2. The van der Waals surface area contributed by atoms with Gasteiger partial charge in [0.2, 0.25) is 5.13 Å². The molecule has 1 fully saturated rings. The van der Waals surface area contributed by atoms with E-state index in [0.29, 0.717) is 5.92 Å². The molecule has 2 heterocycles. The first-order chi connectivity index (χ1) is 9.19. The second-order valence-corrected chi connectivity index (χ2v) is 6.78. The van der Waals surface area contributed by atoms with Gasteiger partial charge in [0.05, 0.1) is 10.6 Å². The summed E-state index contributed by atoms with van der Waals surface area (Å²) in [5.41, 5.74) is 1.22. The summed E-state index contributed by atoms with van der Waals surface area (Å²) in [6.07, 6.45) is 2.50. The molecule has 5 nitrogen and oxygen atoms in total. The summed E-state index contributed by atoms with van der Waals surface area (Å²) in [6, 6.07) is 0. The van der Waals surface area contributed by atoms with Crippen molar-refractivity contribution in [2.24, 2.45) is 0 Å². The van der Waals surface area contributed by atoms with E-state index in [2.05, 4.69) is 27.3 Å². The lowest BCUT2D eigenvalue weighted by Crippen LogP contribution is -2.07. The molecule has 0 spiro atoms. The SMILES string of the molecule is CCNc1nnc(-c2sc(N(C)C)nc2C2CC2)s1. The van der Waals surface area contributed by atoms with Crippen LogP contribution < -0.4 is 10.2 Å². The zero-order valence-corrected chi connectivity index (χ0v) is 12.9. The van der Waals surface area contributed by atoms with Crippen LogP contribution in [-0.4, -0.2) is 35.8 Å². The maximum absolute atomic E-state index is 4.77. The van der Waals surface area contributed by atoms with Crippen molar-refractivity contribution in [2.45, 2.75) is 25.7 Å². The first-order valence-electron chi connectivity index (χ1n) is 6.44. The third kappa shape index (κ3) is 2.57. The minimum absolute atomic E-state index is 0.631. The molecule has 0 amide bonds. The van der Waals surface area contributed by atoms with E-state index >= 15 is 0 Å². The fourth-order valence-corrected chi connectivity index (χ4v) is 3.80. The molecule has 102 valence electrons. The Morgan fingerprint density at radius 1 is 1.26 bits per heavy atom. The average Bonchev–Trinajstić information content (AvgIpc) is 2.96. The summed E-state index contributed by atoms with van der Waals surface area (Å²) in [5.74, 6) is 0.631. The first kappa shape index (κ1) is 12.8. The van der Waals surface area contributed by atoms with Crippen LogP contribution in [0.2, 0.25) is 0 Å². The lowest BCUT2D eigenvalue weighted by molar-refractivity contribution is 1.01. The topological polar surface area (TPSA) is 53.9 Å². The van der Waals surface area contributed by atoms with Crippen molar-refractivity contribution >= 4 is 32.9 Å². The van der Waals surface area contributed by atoms with Gasteiger partial charge in [0.25, 0.3) is 0 Å². The van der Waals surface area contributed by atoms with Gasteiger partial charge in [-0.2, -0.15) is 0 Å². The number of anilines is 2. The van der Waals surface area contributed by atoms with E-state index in [1.54, 1.807) is 22.7 Å². The van der Waals surface area contributed by atoms with E-state index in [1.807, 2.05) is 14.1 Å². The highest BCUT2D eigenvalue weighted by molar-refractivity contribution is 7.25. The van der Waals surface area contributed by atoms with E-state index < -0.39 is 0 Å². The van der Waals surface area contributed by atoms with Gasteiger partial charge in [0, 0.05) is 26.6 Å². The Balaban J connectivity index is 1.97. The molecule has 0 atom stereocenters. The van der Waals surface area contributed by atoms with Crippen molar-refractivity contribution < 1.29 is 0 Å². The van der Waals surface area contributed by atoms with Gasteiger partial charge >= 0.3 is 0 Å². The highest BCUT2D eigenvalue weighted by Gasteiger charge is 2.31. The van der Waals surface area contributed by atoms with E-state index in [-0.39, 0.29) is 0 Å². The Bertz CT molecular complexity index is 570. The fraction of sp³-hybridized carbons (Fsp3) is 0.583. The zero-order valence-electron chi connectivity index (χ0n) is 11.3. The summed E-state index contributed by atoms with van der Waals surface area (Å²) in [4.78, 5) is 8.03. The molecule has 0 aliphatic heterocycles. The summed E-state index contributed by atoms with van der Waals surface area (Å²) in [7, 11) is 4.06. The normalized spacial score (nSPS) is 14.7. The minimum atomic E-state index is 0.631. The van der Waals surface area contributed by atoms with E-state index in [4.69, 9.17) is 4.98 Å². The molecular weight excluding hydrogens is 278 g/mol. The van der Waals surface area contributed by atoms with Crippen molar-refractivity contribution in [1.82, 2.24) is 15.2 Å². The minimum Gasteiger partial charge on any atom is -0.360 e. The van der Waals surface area contributed by atoms with Gasteiger partial charge in [-0.25, -0.2) is 4.98 Å².